The van der Waals surface area contributed by atoms with E-state index in [9.17, 15) is 14.4 Å². The van der Waals surface area contributed by atoms with Crippen LogP contribution in [0.4, 0.5) is 4.79 Å². The lowest BCUT2D eigenvalue weighted by atomic mass is 9.66. The van der Waals surface area contributed by atoms with Crippen molar-refractivity contribution >= 4 is 18.0 Å². The van der Waals surface area contributed by atoms with Crippen LogP contribution in [-0.4, -0.2) is 42.8 Å². The van der Waals surface area contributed by atoms with Gasteiger partial charge in [-0.05, 0) is 52.8 Å². The Balaban J connectivity index is 1.06. The first-order valence-electron chi connectivity index (χ1n) is 12.0. The summed E-state index contributed by atoms with van der Waals surface area (Å²) in [4.78, 5) is 35.9. The summed E-state index contributed by atoms with van der Waals surface area (Å²) in [6.45, 7) is 1.08. The number of alkyl carbamates (subject to hydrolysis) is 1. The Labute approximate surface area is 198 Å². The fraction of sp³-hybridized carbons (Fsp3) is 0.444. The number of amides is 2. The molecular weight excluding hydrogens is 432 g/mol. The van der Waals surface area contributed by atoms with Gasteiger partial charge < -0.3 is 20.5 Å². The molecule has 34 heavy (non-hydrogen) atoms. The van der Waals surface area contributed by atoms with Gasteiger partial charge in [0.1, 0.15) is 6.61 Å². The molecule has 7 heteroatoms. The number of ether oxygens (including phenoxy) is 1. The molecule has 2 amide bonds. The van der Waals surface area contributed by atoms with Crippen LogP contribution in [-0.2, 0) is 14.3 Å². The van der Waals surface area contributed by atoms with E-state index in [0.29, 0.717) is 13.1 Å². The van der Waals surface area contributed by atoms with E-state index in [2.05, 4.69) is 34.9 Å². The summed E-state index contributed by atoms with van der Waals surface area (Å²) in [5.74, 6) is -0.878. The minimum absolute atomic E-state index is 0.0160. The molecule has 2 atom stereocenters. The molecule has 3 aliphatic rings. The highest BCUT2D eigenvalue weighted by molar-refractivity contribution is 5.82. The van der Waals surface area contributed by atoms with Gasteiger partial charge >= 0.3 is 12.1 Å². The van der Waals surface area contributed by atoms with Crippen LogP contribution < -0.4 is 10.6 Å². The summed E-state index contributed by atoms with van der Waals surface area (Å²) in [5.41, 5.74) is 4.42. The number of carboxylic acid groups (broad SMARTS) is 1. The van der Waals surface area contributed by atoms with Crippen molar-refractivity contribution in [1.29, 1.82) is 0 Å². The molecule has 7 nitrogen and oxygen atoms in total. The third-order valence-corrected chi connectivity index (χ3v) is 7.69. The number of nitrogens with one attached hydrogen (secondary N) is 2. The standard InChI is InChI=1S/C27H30N2O5/c30-24(31)13-27(10-5-11-27)16-29-25(32)22-12-17(22)14-28-26(33)34-15-23-20-8-3-1-6-18(20)19-7-2-4-9-21(19)23/h1-4,6-9,17,22-23H,5,10-16H2,(H,28,33)(H,29,32)(H,30,31)/t17-,22-/m1/s1. The second kappa shape index (κ2) is 9.12. The molecule has 2 aromatic rings. The average molecular weight is 463 g/mol. The molecule has 0 unspecified atom stereocenters. The molecule has 0 saturated heterocycles. The molecule has 2 saturated carbocycles. The molecule has 0 aliphatic heterocycles. The Morgan fingerprint density at radius 2 is 1.62 bits per heavy atom. The molecule has 0 radical (unpaired) electrons. The number of fused-ring (bicyclic) bond motifs is 3. The van der Waals surface area contributed by atoms with Crippen molar-refractivity contribution in [3.63, 3.8) is 0 Å². The van der Waals surface area contributed by atoms with Crippen LogP contribution in [0.15, 0.2) is 48.5 Å². The smallest absolute Gasteiger partial charge is 0.407 e. The number of carbonyl (C=O) groups is 3. The van der Waals surface area contributed by atoms with Gasteiger partial charge in [-0.1, -0.05) is 55.0 Å². The van der Waals surface area contributed by atoms with Crippen LogP contribution in [0.2, 0.25) is 0 Å². The summed E-state index contributed by atoms with van der Waals surface area (Å²) >= 11 is 0. The highest BCUT2D eigenvalue weighted by Crippen LogP contribution is 2.45. The first-order chi connectivity index (χ1) is 16.5. The third-order valence-electron chi connectivity index (χ3n) is 7.69. The third kappa shape index (κ3) is 4.52. The zero-order chi connectivity index (χ0) is 23.7. The van der Waals surface area contributed by atoms with Crippen molar-refractivity contribution in [2.24, 2.45) is 17.3 Å². The zero-order valence-electron chi connectivity index (χ0n) is 19.1. The van der Waals surface area contributed by atoms with Gasteiger partial charge in [-0.2, -0.15) is 0 Å². The molecule has 2 aromatic carbocycles. The van der Waals surface area contributed by atoms with E-state index in [4.69, 9.17) is 9.84 Å². The molecule has 178 valence electrons. The summed E-state index contributed by atoms with van der Waals surface area (Å²) < 4.78 is 5.56. The van der Waals surface area contributed by atoms with Crippen molar-refractivity contribution in [2.45, 2.75) is 38.0 Å². The first-order valence-corrected chi connectivity index (χ1v) is 12.0. The van der Waals surface area contributed by atoms with E-state index in [0.717, 1.165) is 25.7 Å². The Hall–Kier alpha value is -3.35. The van der Waals surface area contributed by atoms with Gasteiger partial charge in [0.2, 0.25) is 5.91 Å². The van der Waals surface area contributed by atoms with Crippen LogP contribution >= 0.6 is 0 Å². The van der Waals surface area contributed by atoms with Gasteiger partial charge in [-0.15, -0.1) is 0 Å². The van der Waals surface area contributed by atoms with Gasteiger partial charge in [0.25, 0.3) is 0 Å². The lowest BCUT2D eigenvalue weighted by molar-refractivity contribution is -0.142. The normalized spacial score (nSPS) is 21.5. The van der Waals surface area contributed by atoms with Crippen molar-refractivity contribution in [3.05, 3.63) is 59.7 Å². The lowest BCUT2D eigenvalue weighted by Gasteiger charge is -2.40. The molecule has 3 N–H and O–H groups in total. The summed E-state index contributed by atoms with van der Waals surface area (Å²) in [5, 5.41) is 14.9. The molecule has 0 heterocycles. The Bertz CT molecular complexity index is 1060. The predicted octanol–water partition coefficient (Wildman–Crippen LogP) is 3.92. The minimum Gasteiger partial charge on any atom is -0.481 e. The zero-order valence-corrected chi connectivity index (χ0v) is 19.1. The summed E-state index contributed by atoms with van der Waals surface area (Å²) in [6, 6.07) is 16.4. The second-order valence-corrected chi connectivity index (χ2v) is 9.95. The van der Waals surface area contributed by atoms with Crippen LogP contribution in [0, 0.1) is 17.3 Å². The van der Waals surface area contributed by atoms with E-state index in [1.807, 2.05) is 24.3 Å². The average Bonchev–Trinajstić information content (AvgIpc) is 3.53. The van der Waals surface area contributed by atoms with E-state index in [-0.39, 0.29) is 42.1 Å². The monoisotopic (exact) mass is 462 g/mol. The molecule has 0 bridgehead atoms. The number of benzene rings is 2. The lowest BCUT2D eigenvalue weighted by Crippen LogP contribution is -2.44. The van der Waals surface area contributed by atoms with Gasteiger partial charge in [-0.25, -0.2) is 4.79 Å². The number of carbonyl (C=O) groups excluding carboxylic acids is 2. The van der Waals surface area contributed by atoms with Gasteiger partial charge in [-0.3, -0.25) is 9.59 Å². The molecule has 3 aliphatic carbocycles. The van der Waals surface area contributed by atoms with Crippen LogP contribution in [0.25, 0.3) is 11.1 Å². The van der Waals surface area contributed by atoms with E-state index in [1.165, 1.54) is 22.3 Å². The van der Waals surface area contributed by atoms with Crippen LogP contribution in [0.3, 0.4) is 0 Å². The maximum absolute atomic E-state index is 12.5. The Morgan fingerprint density at radius 3 is 2.21 bits per heavy atom. The summed E-state index contributed by atoms with van der Waals surface area (Å²) in [6.07, 6.45) is 3.06. The maximum Gasteiger partial charge on any atom is 0.407 e. The highest BCUT2D eigenvalue weighted by Gasteiger charge is 2.45. The molecule has 5 rings (SSSR count). The fourth-order valence-electron chi connectivity index (χ4n) is 5.48. The second-order valence-electron chi connectivity index (χ2n) is 9.95. The largest absolute Gasteiger partial charge is 0.481 e. The van der Waals surface area contributed by atoms with Crippen LogP contribution in [0.5, 0.6) is 0 Å². The Morgan fingerprint density at radius 1 is 0.971 bits per heavy atom. The van der Waals surface area contributed by atoms with E-state index in [1.54, 1.807) is 0 Å². The Kier molecular flexibility index (Phi) is 6.02. The van der Waals surface area contributed by atoms with Gasteiger partial charge in [0.05, 0.1) is 6.42 Å². The van der Waals surface area contributed by atoms with E-state index >= 15 is 0 Å². The quantitative estimate of drug-likeness (QED) is 0.524. The van der Waals surface area contributed by atoms with Crippen molar-refractivity contribution in [1.82, 2.24) is 10.6 Å². The van der Waals surface area contributed by atoms with Crippen molar-refractivity contribution in [2.75, 3.05) is 19.7 Å². The topological polar surface area (TPSA) is 105 Å². The van der Waals surface area contributed by atoms with Crippen molar-refractivity contribution in [3.8, 4) is 11.1 Å². The number of hydrogen-bond donors (Lipinski definition) is 3. The SMILES string of the molecule is O=C(O)CC1(CNC(=O)[C@@H]2C[C@@H]2CNC(=O)OCC2c3ccccc3-c3ccccc32)CCC1. The number of hydrogen-bond acceptors (Lipinski definition) is 4. The number of rotatable bonds is 9. The molecule has 2 fully saturated rings. The van der Waals surface area contributed by atoms with Gasteiger partial charge in [0.15, 0.2) is 0 Å². The first kappa shape index (κ1) is 22.4. The maximum atomic E-state index is 12.5. The number of aliphatic carboxylic acids is 1. The predicted molar refractivity (Wildman–Crippen MR) is 126 cm³/mol. The van der Waals surface area contributed by atoms with Crippen molar-refractivity contribution < 1.29 is 24.2 Å². The summed E-state index contributed by atoms with van der Waals surface area (Å²) in [7, 11) is 0. The van der Waals surface area contributed by atoms with Crippen LogP contribution in [0.1, 0.15) is 49.1 Å². The highest BCUT2D eigenvalue weighted by atomic mass is 16.5. The number of carboxylic acids is 1. The molecule has 0 aromatic heterocycles. The van der Waals surface area contributed by atoms with Gasteiger partial charge in [0, 0.05) is 24.9 Å². The molecule has 0 spiro atoms. The van der Waals surface area contributed by atoms with E-state index < -0.39 is 12.1 Å². The fourth-order valence-corrected chi connectivity index (χ4v) is 5.48. The minimum atomic E-state index is -0.814. The molecular formula is C27H30N2O5.